The second-order valence-electron chi connectivity index (χ2n) is 6.71. The zero-order chi connectivity index (χ0) is 20.1. The maximum atomic E-state index is 12.4. The minimum absolute atomic E-state index is 0.133. The molecule has 0 aliphatic heterocycles. The number of amides is 1. The first-order chi connectivity index (χ1) is 13.4. The Balaban J connectivity index is 1.74. The van der Waals surface area contributed by atoms with Gasteiger partial charge in [-0.15, -0.1) is 0 Å². The van der Waals surface area contributed by atoms with Crippen molar-refractivity contribution in [2.24, 2.45) is 0 Å². The van der Waals surface area contributed by atoms with E-state index in [1.807, 2.05) is 62.4 Å². The van der Waals surface area contributed by atoms with Crippen LogP contribution < -0.4 is 10.1 Å². The third-order valence-corrected chi connectivity index (χ3v) is 4.50. The third-order valence-electron chi connectivity index (χ3n) is 4.26. The molecule has 0 heterocycles. The van der Waals surface area contributed by atoms with Gasteiger partial charge in [0.1, 0.15) is 11.9 Å². The van der Waals surface area contributed by atoms with Crippen LogP contribution in [0.25, 0.3) is 0 Å². The first-order valence-electron chi connectivity index (χ1n) is 8.96. The number of benzene rings is 3. The van der Waals surface area contributed by atoms with Gasteiger partial charge in [-0.2, -0.15) is 0 Å². The number of carbonyl (C=O) groups is 1. The predicted molar refractivity (Wildman–Crippen MR) is 112 cm³/mol. The van der Waals surface area contributed by atoms with Crippen LogP contribution in [0.1, 0.15) is 28.4 Å². The summed E-state index contributed by atoms with van der Waals surface area (Å²) < 4.78 is 5.61. The van der Waals surface area contributed by atoms with E-state index in [-0.39, 0.29) is 12.5 Å². The molecule has 0 fully saturated rings. The Morgan fingerprint density at radius 1 is 1.04 bits per heavy atom. The quantitative estimate of drug-likeness (QED) is 0.613. The fourth-order valence-corrected chi connectivity index (χ4v) is 3.22. The Bertz CT molecular complexity index is 953. The normalized spacial score (nSPS) is 11.7. The van der Waals surface area contributed by atoms with Crippen LogP contribution in [-0.4, -0.2) is 17.6 Å². The molecule has 144 valence electrons. The van der Waals surface area contributed by atoms with E-state index in [2.05, 4.69) is 5.32 Å². The van der Waals surface area contributed by atoms with Crippen LogP contribution in [0.15, 0.2) is 66.7 Å². The van der Waals surface area contributed by atoms with Gasteiger partial charge in [-0.1, -0.05) is 48.0 Å². The minimum Gasteiger partial charge on any atom is -0.484 e. The summed E-state index contributed by atoms with van der Waals surface area (Å²) in [6.45, 7) is 3.82. The maximum absolute atomic E-state index is 12.4. The molecule has 1 amide bonds. The van der Waals surface area contributed by atoms with Gasteiger partial charge >= 0.3 is 0 Å². The lowest BCUT2D eigenvalue weighted by Gasteiger charge is -2.17. The van der Waals surface area contributed by atoms with E-state index in [0.29, 0.717) is 27.6 Å². The van der Waals surface area contributed by atoms with Gasteiger partial charge in [0.05, 0.1) is 0 Å². The number of aliphatic hydroxyl groups is 1. The number of aliphatic hydroxyl groups excluding tert-OH is 1. The van der Waals surface area contributed by atoms with Crippen molar-refractivity contribution < 1.29 is 14.6 Å². The molecule has 0 spiro atoms. The van der Waals surface area contributed by atoms with Gasteiger partial charge in [0, 0.05) is 16.3 Å². The van der Waals surface area contributed by atoms with Crippen LogP contribution in [0.4, 0.5) is 5.69 Å². The zero-order valence-corrected chi connectivity index (χ0v) is 16.5. The number of ether oxygens (including phenoxy) is 1. The van der Waals surface area contributed by atoms with E-state index in [9.17, 15) is 9.90 Å². The lowest BCUT2D eigenvalue weighted by atomic mass is 10.00. The summed E-state index contributed by atoms with van der Waals surface area (Å²) >= 11 is 6.11. The highest BCUT2D eigenvalue weighted by atomic mass is 35.5. The number of rotatable bonds is 6. The van der Waals surface area contributed by atoms with Crippen molar-refractivity contribution in [2.75, 3.05) is 11.9 Å². The van der Waals surface area contributed by atoms with Gasteiger partial charge in [0.15, 0.2) is 6.61 Å². The number of halogens is 1. The first kappa shape index (κ1) is 19.9. The summed E-state index contributed by atoms with van der Waals surface area (Å²) in [4.78, 5) is 12.4. The molecular formula is C23H22ClNO3. The van der Waals surface area contributed by atoms with Crippen molar-refractivity contribution in [3.8, 4) is 5.75 Å². The number of nitrogens with one attached hydrogen (secondary N) is 1. The van der Waals surface area contributed by atoms with E-state index in [4.69, 9.17) is 16.3 Å². The van der Waals surface area contributed by atoms with E-state index in [0.717, 1.165) is 11.1 Å². The number of hydrogen-bond acceptors (Lipinski definition) is 3. The molecule has 3 aromatic carbocycles. The Labute approximate surface area is 169 Å². The Kier molecular flexibility index (Phi) is 6.34. The molecule has 0 saturated carbocycles. The number of anilines is 1. The fourth-order valence-electron chi connectivity index (χ4n) is 3.04. The summed E-state index contributed by atoms with van der Waals surface area (Å²) in [7, 11) is 0. The molecule has 0 aromatic heterocycles. The highest BCUT2D eigenvalue weighted by Gasteiger charge is 2.17. The molecule has 0 aliphatic rings. The van der Waals surface area contributed by atoms with Crippen molar-refractivity contribution in [3.63, 3.8) is 0 Å². The topological polar surface area (TPSA) is 58.6 Å². The number of carbonyl (C=O) groups excluding carboxylic acids is 1. The molecule has 5 heteroatoms. The van der Waals surface area contributed by atoms with Crippen molar-refractivity contribution >= 4 is 23.2 Å². The molecule has 3 rings (SSSR count). The van der Waals surface area contributed by atoms with Gasteiger partial charge in [-0.05, 0) is 60.9 Å². The van der Waals surface area contributed by atoms with Crippen molar-refractivity contribution in [3.05, 3.63) is 94.0 Å². The number of hydrogen-bond donors (Lipinski definition) is 2. The smallest absolute Gasteiger partial charge is 0.262 e. The Hall–Kier alpha value is -2.82. The van der Waals surface area contributed by atoms with Crippen molar-refractivity contribution in [2.45, 2.75) is 20.0 Å². The van der Waals surface area contributed by atoms with Crippen LogP contribution in [0, 0.1) is 13.8 Å². The van der Waals surface area contributed by atoms with Crippen molar-refractivity contribution in [1.82, 2.24) is 0 Å². The van der Waals surface area contributed by atoms with E-state index in [1.165, 1.54) is 0 Å². The summed E-state index contributed by atoms with van der Waals surface area (Å²) in [5.41, 5.74) is 3.88. The summed E-state index contributed by atoms with van der Waals surface area (Å²) in [5.74, 6) is 0.330. The fraction of sp³-hybridized carbons (Fsp3) is 0.174. The average Bonchev–Trinajstić information content (AvgIpc) is 2.67. The molecule has 0 aliphatic carbocycles. The van der Waals surface area contributed by atoms with Crippen LogP contribution in [0.5, 0.6) is 5.75 Å². The van der Waals surface area contributed by atoms with Crippen LogP contribution in [-0.2, 0) is 4.79 Å². The second-order valence-corrected chi connectivity index (χ2v) is 7.14. The molecule has 3 aromatic rings. The zero-order valence-electron chi connectivity index (χ0n) is 15.8. The summed E-state index contributed by atoms with van der Waals surface area (Å²) in [6.07, 6.45) is -0.907. The molecule has 28 heavy (non-hydrogen) atoms. The molecule has 1 atom stereocenters. The van der Waals surface area contributed by atoms with Crippen LogP contribution in [0.2, 0.25) is 5.02 Å². The molecule has 2 N–H and O–H groups in total. The van der Waals surface area contributed by atoms with Crippen LogP contribution >= 0.6 is 11.6 Å². The van der Waals surface area contributed by atoms with Gasteiger partial charge in [-0.3, -0.25) is 4.79 Å². The van der Waals surface area contributed by atoms with E-state index < -0.39 is 6.10 Å². The lowest BCUT2D eigenvalue weighted by Crippen LogP contribution is -2.21. The standard InChI is InChI=1S/C23H22ClNO3/c1-15-10-16(2)12-19(11-15)28-14-22(26)25-21-9-8-18(24)13-20(21)23(27)17-6-4-3-5-7-17/h3-13,23,27H,14H2,1-2H3,(H,25,26)/t23-/m1/s1. The average molecular weight is 396 g/mol. The molecule has 0 unspecified atom stereocenters. The lowest BCUT2D eigenvalue weighted by molar-refractivity contribution is -0.118. The molecule has 0 saturated heterocycles. The Morgan fingerprint density at radius 3 is 2.39 bits per heavy atom. The van der Waals surface area contributed by atoms with Crippen LogP contribution in [0.3, 0.4) is 0 Å². The van der Waals surface area contributed by atoms with Gasteiger partial charge in [0.25, 0.3) is 5.91 Å². The first-order valence-corrected chi connectivity index (χ1v) is 9.33. The SMILES string of the molecule is Cc1cc(C)cc(OCC(=O)Nc2ccc(Cl)cc2[C@H](O)c2ccccc2)c1. The highest BCUT2D eigenvalue weighted by molar-refractivity contribution is 6.30. The van der Waals surface area contributed by atoms with Crippen molar-refractivity contribution in [1.29, 1.82) is 0 Å². The summed E-state index contributed by atoms with van der Waals surface area (Å²) in [5, 5.41) is 14.0. The van der Waals surface area contributed by atoms with Gasteiger partial charge in [-0.25, -0.2) is 0 Å². The Morgan fingerprint density at radius 2 is 1.71 bits per heavy atom. The van der Waals surface area contributed by atoms with E-state index >= 15 is 0 Å². The predicted octanol–water partition coefficient (Wildman–Crippen LogP) is 5.06. The van der Waals surface area contributed by atoms with E-state index in [1.54, 1.807) is 18.2 Å². The number of aryl methyl sites for hydroxylation is 2. The monoisotopic (exact) mass is 395 g/mol. The molecular weight excluding hydrogens is 374 g/mol. The highest BCUT2D eigenvalue weighted by Crippen LogP contribution is 2.31. The summed E-state index contributed by atoms with van der Waals surface area (Å²) in [6, 6.07) is 20.0. The third kappa shape index (κ3) is 5.12. The largest absolute Gasteiger partial charge is 0.484 e. The van der Waals surface area contributed by atoms with Gasteiger partial charge in [0.2, 0.25) is 0 Å². The molecule has 4 nitrogen and oxygen atoms in total. The van der Waals surface area contributed by atoms with Gasteiger partial charge < -0.3 is 15.2 Å². The molecule has 0 radical (unpaired) electrons. The molecule has 0 bridgehead atoms. The second kappa shape index (κ2) is 8.91. The minimum atomic E-state index is -0.907. The maximum Gasteiger partial charge on any atom is 0.262 e.